The highest BCUT2D eigenvalue weighted by Crippen LogP contribution is 2.32. The Morgan fingerprint density at radius 1 is 1.21 bits per heavy atom. The van der Waals surface area contributed by atoms with Gasteiger partial charge in [0.15, 0.2) is 0 Å². The van der Waals surface area contributed by atoms with E-state index in [4.69, 9.17) is 12.2 Å². The topological polar surface area (TPSA) is 40.5 Å². The Balaban J connectivity index is 3.34. The van der Waals surface area contributed by atoms with Crippen molar-refractivity contribution >= 4 is 17.1 Å². The van der Waals surface area contributed by atoms with E-state index < -0.39 is 0 Å². The van der Waals surface area contributed by atoms with Crippen LogP contribution < -0.4 is 0 Å². The highest BCUT2D eigenvalue weighted by atomic mass is 32.1. The smallest absolute Gasteiger partial charge is 0.127 e. The minimum Gasteiger partial charge on any atom is -0.508 e. The van der Waals surface area contributed by atoms with Crippen LogP contribution in [-0.4, -0.2) is 15.1 Å². The molecule has 2 nitrogen and oxygen atoms in total. The van der Waals surface area contributed by atoms with Crippen molar-refractivity contribution in [3.05, 3.63) is 23.3 Å². The molecule has 0 amide bonds. The van der Waals surface area contributed by atoms with Crippen molar-refractivity contribution in [2.45, 2.75) is 26.7 Å². The van der Waals surface area contributed by atoms with E-state index in [1.165, 1.54) is 6.07 Å². The monoisotopic (exact) mass is 210 g/mol. The number of hydrogen-bond acceptors (Lipinski definition) is 3. The van der Waals surface area contributed by atoms with Crippen LogP contribution in [0, 0.1) is 0 Å². The van der Waals surface area contributed by atoms with Crippen molar-refractivity contribution in [3.8, 4) is 11.5 Å². The maximum atomic E-state index is 9.56. The third kappa shape index (κ3) is 2.04. The lowest BCUT2D eigenvalue weighted by atomic mass is 9.98. The van der Waals surface area contributed by atoms with Crippen LogP contribution in [-0.2, 0) is 0 Å². The molecule has 0 aromatic heterocycles. The average molecular weight is 210 g/mol. The van der Waals surface area contributed by atoms with E-state index in [2.05, 4.69) is 0 Å². The first-order valence-electron chi connectivity index (χ1n) is 4.50. The molecular formula is C11H14O2S. The zero-order valence-corrected chi connectivity index (χ0v) is 9.35. The van der Waals surface area contributed by atoms with Gasteiger partial charge in [0.25, 0.3) is 0 Å². The van der Waals surface area contributed by atoms with E-state index in [0.717, 1.165) is 5.56 Å². The van der Waals surface area contributed by atoms with E-state index in [1.807, 2.05) is 13.8 Å². The average Bonchev–Trinajstić information content (AvgIpc) is 2.02. The Bertz CT molecular complexity index is 370. The van der Waals surface area contributed by atoms with Gasteiger partial charge in [-0.05, 0) is 24.5 Å². The minimum atomic E-state index is 0.0411. The molecule has 1 aromatic carbocycles. The molecule has 0 fully saturated rings. The summed E-state index contributed by atoms with van der Waals surface area (Å²) in [5.41, 5.74) is 1.43. The standard InChI is InChI=1S/C11H14O2S/c1-6(2)8-4-9(7(3)14)11(13)5-10(8)12/h4-6,12-13H,1-3H3. The van der Waals surface area contributed by atoms with Crippen LogP contribution >= 0.6 is 12.2 Å². The third-order valence-electron chi connectivity index (χ3n) is 2.15. The Labute approximate surface area is 89.2 Å². The highest BCUT2D eigenvalue weighted by molar-refractivity contribution is 7.80. The van der Waals surface area contributed by atoms with Gasteiger partial charge in [-0.15, -0.1) is 0 Å². The van der Waals surface area contributed by atoms with Gasteiger partial charge in [0, 0.05) is 16.5 Å². The van der Waals surface area contributed by atoms with Gasteiger partial charge in [-0.2, -0.15) is 0 Å². The Kier molecular flexibility index (Phi) is 3.11. The number of phenols is 2. The molecule has 1 aromatic rings. The van der Waals surface area contributed by atoms with Crippen LogP contribution in [0.3, 0.4) is 0 Å². The number of phenolic OH excluding ortho intramolecular Hbond substituents is 2. The maximum Gasteiger partial charge on any atom is 0.127 e. The summed E-state index contributed by atoms with van der Waals surface area (Å²) in [4.78, 5) is 0.629. The fourth-order valence-electron chi connectivity index (χ4n) is 1.34. The number of benzene rings is 1. The molecule has 0 unspecified atom stereocenters. The van der Waals surface area contributed by atoms with E-state index in [0.29, 0.717) is 10.4 Å². The predicted molar refractivity (Wildman–Crippen MR) is 61.2 cm³/mol. The summed E-state index contributed by atoms with van der Waals surface area (Å²) >= 11 is 5.00. The van der Waals surface area contributed by atoms with Crippen LogP contribution in [0.2, 0.25) is 0 Å². The third-order valence-corrected chi connectivity index (χ3v) is 2.37. The van der Waals surface area contributed by atoms with Crippen molar-refractivity contribution < 1.29 is 10.2 Å². The Morgan fingerprint density at radius 2 is 1.79 bits per heavy atom. The van der Waals surface area contributed by atoms with Gasteiger partial charge in [-0.25, -0.2) is 0 Å². The van der Waals surface area contributed by atoms with Gasteiger partial charge in [-0.3, -0.25) is 0 Å². The molecule has 0 aliphatic heterocycles. The largest absolute Gasteiger partial charge is 0.508 e. The quantitative estimate of drug-likeness (QED) is 0.582. The summed E-state index contributed by atoms with van der Waals surface area (Å²) < 4.78 is 0. The number of hydrogen-bond donors (Lipinski definition) is 2. The summed E-state index contributed by atoms with van der Waals surface area (Å²) in [6.45, 7) is 5.72. The van der Waals surface area contributed by atoms with Gasteiger partial charge in [0.1, 0.15) is 11.5 Å². The molecule has 0 saturated carbocycles. The molecule has 0 spiro atoms. The molecule has 0 saturated heterocycles. The molecule has 2 N–H and O–H groups in total. The molecule has 1 rings (SSSR count). The van der Waals surface area contributed by atoms with Crippen molar-refractivity contribution in [2.24, 2.45) is 0 Å². The summed E-state index contributed by atoms with van der Waals surface area (Å²) in [6.07, 6.45) is 0. The molecular weight excluding hydrogens is 196 g/mol. The van der Waals surface area contributed by atoms with Gasteiger partial charge in [-0.1, -0.05) is 26.1 Å². The van der Waals surface area contributed by atoms with Crippen molar-refractivity contribution in [3.63, 3.8) is 0 Å². The fourth-order valence-corrected chi connectivity index (χ4v) is 1.50. The van der Waals surface area contributed by atoms with E-state index >= 15 is 0 Å². The predicted octanol–water partition coefficient (Wildman–Crippen LogP) is 2.96. The molecule has 3 heteroatoms. The maximum absolute atomic E-state index is 9.56. The molecule has 76 valence electrons. The van der Waals surface area contributed by atoms with Crippen molar-refractivity contribution in [1.82, 2.24) is 0 Å². The molecule has 0 atom stereocenters. The highest BCUT2D eigenvalue weighted by Gasteiger charge is 2.12. The second-order valence-electron chi connectivity index (χ2n) is 3.64. The zero-order valence-electron chi connectivity index (χ0n) is 8.53. The molecule has 0 aliphatic rings. The molecule has 14 heavy (non-hydrogen) atoms. The molecule has 0 bridgehead atoms. The van der Waals surface area contributed by atoms with Crippen molar-refractivity contribution in [1.29, 1.82) is 0 Å². The summed E-state index contributed by atoms with van der Waals surface area (Å²) in [6, 6.07) is 3.10. The Hall–Kier alpha value is -1.09. The summed E-state index contributed by atoms with van der Waals surface area (Å²) in [5.74, 6) is 0.376. The lowest BCUT2D eigenvalue weighted by Crippen LogP contribution is -1.96. The van der Waals surface area contributed by atoms with Crippen LogP contribution in [0.5, 0.6) is 11.5 Å². The molecule has 0 radical (unpaired) electrons. The normalized spacial score (nSPS) is 10.6. The van der Waals surface area contributed by atoms with Gasteiger partial charge < -0.3 is 10.2 Å². The lowest BCUT2D eigenvalue weighted by Gasteiger charge is -2.11. The minimum absolute atomic E-state index is 0.0411. The van der Waals surface area contributed by atoms with Crippen LogP contribution in [0.1, 0.15) is 37.8 Å². The summed E-state index contributed by atoms with van der Waals surface area (Å²) in [7, 11) is 0. The number of rotatable bonds is 2. The van der Waals surface area contributed by atoms with Gasteiger partial charge in [0.2, 0.25) is 0 Å². The first kappa shape index (κ1) is 11.0. The SMILES string of the molecule is CC(=S)c1cc(C(C)C)c(O)cc1O. The first-order chi connectivity index (χ1) is 6.43. The number of aromatic hydroxyl groups is 2. The molecule has 0 heterocycles. The van der Waals surface area contributed by atoms with Crippen molar-refractivity contribution in [2.75, 3.05) is 0 Å². The number of thiocarbonyl (C=S) groups is 1. The fraction of sp³-hybridized carbons (Fsp3) is 0.364. The van der Waals surface area contributed by atoms with Crippen LogP contribution in [0.25, 0.3) is 0 Å². The zero-order chi connectivity index (χ0) is 10.9. The first-order valence-corrected chi connectivity index (χ1v) is 4.91. The van der Waals surface area contributed by atoms with E-state index in [-0.39, 0.29) is 17.4 Å². The van der Waals surface area contributed by atoms with E-state index in [9.17, 15) is 10.2 Å². The van der Waals surface area contributed by atoms with Gasteiger partial charge in [0.05, 0.1) is 0 Å². The second-order valence-corrected chi connectivity index (χ2v) is 4.25. The second kappa shape index (κ2) is 3.96. The van der Waals surface area contributed by atoms with Gasteiger partial charge >= 0.3 is 0 Å². The molecule has 0 aliphatic carbocycles. The van der Waals surface area contributed by atoms with Crippen LogP contribution in [0.15, 0.2) is 12.1 Å². The van der Waals surface area contributed by atoms with Crippen LogP contribution in [0.4, 0.5) is 0 Å². The lowest BCUT2D eigenvalue weighted by molar-refractivity contribution is 0.443. The van der Waals surface area contributed by atoms with E-state index in [1.54, 1.807) is 13.0 Å². The summed E-state index contributed by atoms with van der Waals surface area (Å²) in [5, 5.41) is 19.1. The Morgan fingerprint density at radius 3 is 2.21 bits per heavy atom.